The number of rotatable bonds is 6. The van der Waals surface area contributed by atoms with Gasteiger partial charge < -0.3 is 26.2 Å². The number of imidazole rings is 1. The molecule has 2 heterocycles. The third kappa shape index (κ3) is 5.78. The molecule has 0 saturated heterocycles. The summed E-state index contributed by atoms with van der Waals surface area (Å²) in [5, 5.41) is 20.1. The zero-order chi connectivity index (χ0) is 26.5. The zero-order valence-electron chi connectivity index (χ0n) is 18.9. The number of nitrogens with two attached hydrogens (primary N) is 1. The third-order valence-corrected chi connectivity index (χ3v) is 5.13. The number of aliphatic hydroxyl groups excluding tert-OH is 1. The number of nitrogens with one attached hydrogen (secondary N) is 2. The summed E-state index contributed by atoms with van der Waals surface area (Å²) in [6, 6.07) is 15.3. The number of amides is 1. The molecule has 0 aliphatic carbocycles. The zero-order valence-corrected chi connectivity index (χ0v) is 18.9. The fourth-order valence-electron chi connectivity index (χ4n) is 3.45. The van der Waals surface area contributed by atoms with Gasteiger partial charge in [-0.05, 0) is 23.6 Å². The first-order valence-electron chi connectivity index (χ1n) is 10.6. The van der Waals surface area contributed by atoms with Gasteiger partial charge in [0.25, 0.3) is 5.91 Å². The number of anilines is 2. The Hall–Kier alpha value is -4.45. The predicted molar refractivity (Wildman–Crippen MR) is 127 cm³/mol. The van der Waals surface area contributed by atoms with Gasteiger partial charge in [-0.2, -0.15) is 13.2 Å². The summed E-state index contributed by atoms with van der Waals surface area (Å²) in [4.78, 5) is 33.2. The van der Waals surface area contributed by atoms with Gasteiger partial charge in [-0.1, -0.05) is 49.4 Å². The minimum atomic E-state index is -5.08. The van der Waals surface area contributed by atoms with Crippen molar-refractivity contribution in [3.63, 3.8) is 0 Å². The molecule has 0 bridgehead atoms. The number of carbonyl (C=O) groups is 2. The fourth-order valence-corrected chi connectivity index (χ4v) is 3.45. The number of primary amides is 1. The van der Waals surface area contributed by atoms with Crippen molar-refractivity contribution in [1.82, 2.24) is 15.0 Å². The summed E-state index contributed by atoms with van der Waals surface area (Å²) in [5.74, 6) is -2.70. The molecule has 0 aliphatic rings. The van der Waals surface area contributed by atoms with Crippen molar-refractivity contribution in [3.05, 3.63) is 71.4 Å². The van der Waals surface area contributed by atoms with E-state index in [2.05, 4.69) is 20.3 Å². The standard InChI is InChI=1S/C22H21N5O2.C2HF3O2/c1-2-15-14(12-28)9-6-10-17(15)25-18-16(20(23)29)11-24-22-19(18)26-21(27-22)13-7-4-3-5-8-13;3-2(4,5)1(6)7/h3-11,28H,2,12H2,1H3,(H2,23,29)(H2,24,25,26,27);(H,6,7). The molecule has 0 atom stereocenters. The first kappa shape index (κ1) is 26.2. The Balaban J connectivity index is 0.000000454. The third-order valence-electron chi connectivity index (χ3n) is 5.13. The summed E-state index contributed by atoms with van der Waals surface area (Å²) in [6.07, 6.45) is -2.92. The molecule has 0 saturated carbocycles. The van der Waals surface area contributed by atoms with Crippen molar-refractivity contribution in [1.29, 1.82) is 0 Å². The van der Waals surface area contributed by atoms with Gasteiger partial charge in [-0.3, -0.25) is 4.79 Å². The van der Waals surface area contributed by atoms with Crippen LogP contribution in [0.1, 0.15) is 28.4 Å². The van der Waals surface area contributed by atoms with Crippen LogP contribution in [0.4, 0.5) is 24.5 Å². The maximum atomic E-state index is 12.1. The monoisotopic (exact) mass is 501 g/mol. The molecule has 12 heteroatoms. The molecule has 9 nitrogen and oxygen atoms in total. The van der Waals surface area contributed by atoms with E-state index in [0.717, 1.165) is 28.8 Å². The lowest BCUT2D eigenvalue weighted by molar-refractivity contribution is -0.192. The van der Waals surface area contributed by atoms with E-state index in [9.17, 15) is 23.1 Å². The van der Waals surface area contributed by atoms with E-state index in [0.29, 0.717) is 22.7 Å². The number of nitrogens with zero attached hydrogens (tertiary/aromatic N) is 2. The molecule has 1 amide bonds. The van der Waals surface area contributed by atoms with Crippen molar-refractivity contribution in [2.24, 2.45) is 5.73 Å². The Bertz CT molecular complexity index is 1390. The maximum Gasteiger partial charge on any atom is 0.490 e. The Kier molecular flexibility index (Phi) is 7.90. The van der Waals surface area contributed by atoms with Crippen LogP contribution in [0.2, 0.25) is 0 Å². The van der Waals surface area contributed by atoms with Crippen LogP contribution in [0.5, 0.6) is 0 Å². The number of aliphatic hydroxyl groups is 1. The average Bonchev–Trinajstić information content (AvgIpc) is 3.29. The minimum Gasteiger partial charge on any atom is -0.475 e. The summed E-state index contributed by atoms with van der Waals surface area (Å²) < 4.78 is 31.7. The molecule has 36 heavy (non-hydrogen) atoms. The maximum absolute atomic E-state index is 12.1. The van der Waals surface area contributed by atoms with E-state index in [1.807, 2.05) is 55.5 Å². The van der Waals surface area contributed by atoms with E-state index in [-0.39, 0.29) is 12.2 Å². The van der Waals surface area contributed by atoms with Gasteiger partial charge >= 0.3 is 12.1 Å². The molecule has 0 unspecified atom stereocenters. The van der Waals surface area contributed by atoms with Crippen LogP contribution in [0, 0.1) is 0 Å². The van der Waals surface area contributed by atoms with Crippen molar-refractivity contribution >= 4 is 34.4 Å². The van der Waals surface area contributed by atoms with Gasteiger partial charge in [0.05, 0.1) is 17.9 Å². The molecular weight excluding hydrogens is 479 g/mol. The molecule has 0 fully saturated rings. The number of fused-ring (bicyclic) bond motifs is 1. The second-order valence-electron chi connectivity index (χ2n) is 7.44. The topological polar surface area (TPSA) is 154 Å². The van der Waals surface area contributed by atoms with Crippen molar-refractivity contribution in [3.8, 4) is 11.4 Å². The van der Waals surface area contributed by atoms with Gasteiger partial charge in [0.2, 0.25) is 0 Å². The normalized spacial score (nSPS) is 11.0. The number of aliphatic carboxylic acids is 1. The molecule has 0 aliphatic heterocycles. The molecule has 2 aromatic heterocycles. The van der Waals surface area contributed by atoms with E-state index in [1.165, 1.54) is 6.20 Å². The number of hydrogen-bond acceptors (Lipinski definition) is 6. The highest BCUT2D eigenvalue weighted by Gasteiger charge is 2.38. The Morgan fingerprint density at radius 1 is 1.11 bits per heavy atom. The number of halogens is 3. The number of carboxylic acids is 1. The summed E-state index contributed by atoms with van der Waals surface area (Å²) in [6.45, 7) is 1.95. The number of pyridine rings is 1. The van der Waals surface area contributed by atoms with Crippen LogP contribution in [-0.4, -0.2) is 43.2 Å². The second kappa shape index (κ2) is 10.9. The first-order valence-corrected chi connectivity index (χ1v) is 10.6. The van der Waals surface area contributed by atoms with E-state index in [1.54, 1.807) is 0 Å². The largest absolute Gasteiger partial charge is 0.490 e. The highest BCUT2D eigenvalue weighted by Crippen LogP contribution is 2.32. The molecule has 0 spiro atoms. The van der Waals surface area contributed by atoms with Gasteiger partial charge in [-0.25, -0.2) is 14.8 Å². The number of carbonyl (C=O) groups excluding carboxylic acids is 1. The fraction of sp³-hybridized carbons (Fsp3) is 0.167. The van der Waals surface area contributed by atoms with Crippen molar-refractivity contribution in [2.45, 2.75) is 26.1 Å². The highest BCUT2D eigenvalue weighted by molar-refractivity contribution is 6.06. The number of hydrogen-bond donors (Lipinski definition) is 5. The van der Waals surface area contributed by atoms with Crippen LogP contribution in [0.25, 0.3) is 22.6 Å². The molecule has 0 radical (unpaired) electrons. The second-order valence-corrected chi connectivity index (χ2v) is 7.44. The molecule has 6 N–H and O–H groups in total. The van der Waals surface area contributed by atoms with Crippen molar-refractivity contribution < 1.29 is 33.0 Å². The molecule has 4 aromatic rings. The van der Waals surface area contributed by atoms with E-state index in [4.69, 9.17) is 15.6 Å². The lowest BCUT2D eigenvalue weighted by Crippen LogP contribution is -2.21. The number of alkyl halides is 3. The lowest BCUT2D eigenvalue weighted by atomic mass is 10.0. The predicted octanol–water partition coefficient (Wildman–Crippen LogP) is 4.16. The number of benzene rings is 2. The molecule has 2 aromatic carbocycles. The summed E-state index contributed by atoms with van der Waals surface area (Å²) >= 11 is 0. The van der Waals surface area contributed by atoms with E-state index < -0.39 is 18.1 Å². The van der Waals surface area contributed by atoms with Gasteiger partial charge in [0.15, 0.2) is 5.65 Å². The Morgan fingerprint density at radius 2 is 1.78 bits per heavy atom. The molecular formula is C24H22F3N5O4. The van der Waals surface area contributed by atoms with Crippen LogP contribution >= 0.6 is 0 Å². The summed E-state index contributed by atoms with van der Waals surface area (Å²) in [7, 11) is 0. The molecule has 188 valence electrons. The number of aromatic amines is 1. The molecule has 4 rings (SSSR count). The van der Waals surface area contributed by atoms with Crippen LogP contribution in [-0.2, 0) is 17.8 Å². The number of carboxylic acid groups (broad SMARTS) is 1. The first-order chi connectivity index (χ1) is 17.1. The van der Waals surface area contributed by atoms with E-state index >= 15 is 0 Å². The Labute approximate surface area is 202 Å². The smallest absolute Gasteiger partial charge is 0.475 e. The van der Waals surface area contributed by atoms with Crippen LogP contribution < -0.4 is 11.1 Å². The summed E-state index contributed by atoms with van der Waals surface area (Å²) in [5.41, 5.74) is 10.9. The quantitative estimate of drug-likeness (QED) is 0.266. The van der Waals surface area contributed by atoms with Gasteiger partial charge in [-0.15, -0.1) is 0 Å². The van der Waals surface area contributed by atoms with Gasteiger partial charge in [0, 0.05) is 17.4 Å². The van der Waals surface area contributed by atoms with Crippen molar-refractivity contribution in [2.75, 3.05) is 5.32 Å². The minimum absolute atomic E-state index is 0.0618. The average molecular weight is 501 g/mol. The Morgan fingerprint density at radius 3 is 2.33 bits per heavy atom. The SMILES string of the molecule is CCc1c(CO)cccc1Nc1c(C(N)=O)cnc2[nH]c(-c3ccccc3)nc12.O=C(O)C(F)(F)F. The van der Waals surface area contributed by atoms with Crippen LogP contribution in [0.15, 0.2) is 54.7 Å². The van der Waals surface area contributed by atoms with Gasteiger partial charge in [0.1, 0.15) is 11.3 Å². The number of H-pyrrole nitrogens is 1. The van der Waals surface area contributed by atoms with Crippen LogP contribution in [0.3, 0.4) is 0 Å². The highest BCUT2D eigenvalue weighted by atomic mass is 19.4. The number of aromatic nitrogens is 3. The lowest BCUT2D eigenvalue weighted by Gasteiger charge is -2.16.